The molecule has 2 aliphatic heterocycles. The van der Waals surface area contributed by atoms with Crippen LogP contribution in [0.5, 0.6) is 5.75 Å². The minimum absolute atomic E-state index is 0.0453. The average molecular weight is 317 g/mol. The van der Waals surface area contributed by atoms with Gasteiger partial charge in [0.2, 0.25) is 0 Å². The molecule has 1 aromatic carbocycles. The Kier molecular flexibility index (Phi) is 4.15. The summed E-state index contributed by atoms with van der Waals surface area (Å²) in [4.78, 5) is 26.2. The van der Waals surface area contributed by atoms with E-state index in [4.69, 9.17) is 4.74 Å². The van der Waals surface area contributed by atoms with Crippen molar-refractivity contribution in [3.05, 3.63) is 29.8 Å². The minimum Gasteiger partial charge on any atom is -0.467 e. The van der Waals surface area contributed by atoms with Crippen molar-refractivity contribution in [1.29, 1.82) is 0 Å². The van der Waals surface area contributed by atoms with Gasteiger partial charge in [-0.1, -0.05) is 26.0 Å². The van der Waals surface area contributed by atoms with Crippen LogP contribution >= 0.6 is 0 Å². The molecule has 0 bridgehead atoms. The van der Waals surface area contributed by atoms with Gasteiger partial charge in [0.05, 0.1) is 5.56 Å². The fourth-order valence-corrected chi connectivity index (χ4v) is 2.95. The monoisotopic (exact) mass is 317 g/mol. The second-order valence-corrected chi connectivity index (χ2v) is 6.61. The zero-order valence-electron chi connectivity index (χ0n) is 13.6. The molecule has 2 N–H and O–H groups in total. The largest absolute Gasteiger partial charge is 0.467 e. The number of ether oxygens (including phenoxy) is 1. The third-order valence-corrected chi connectivity index (χ3v) is 4.30. The quantitative estimate of drug-likeness (QED) is 0.876. The Morgan fingerprint density at radius 1 is 1.35 bits per heavy atom. The van der Waals surface area contributed by atoms with Crippen molar-refractivity contribution in [3.63, 3.8) is 0 Å². The van der Waals surface area contributed by atoms with E-state index in [1.54, 1.807) is 11.0 Å². The minimum atomic E-state index is -0.694. The van der Waals surface area contributed by atoms with Gasteiger partial charge in [0.15, 0.2) is 5.72 Å². The van der Waals surface area contributed by atoms with Gasteiger partial charge >= 0.3 is 6.03 Å². The zero-order chi connectivity index (χ0) is 16.4. The van der Waals surface area contributed by atoms with Crippen molar-refractivity contribution in [2.45, 2.75) is 32.4 Å². The third kappa shape index (κ3) is 3.25. The topological polar surface area (TPSA) is 70.7 Å². The number of nitrogens with zero attached hydrogens (tertiary/aromatic N) is 1. The molecule has 0 aromatic heterocycles. The number of fused-ring (bicyclic) bond motifs is 1. The summed E-state index contributed by atoms with van der Waals surface area (Å²) in [5, 5.41) is 5.90. The highest BCUT2D eigenvalue weighted by atomic mass is 16.5. The van der Waals surface area contributed by atoms with E-state index in [0.717, 1.165) is 0 Å². The summed E-state index contributed by atoms with van der Waals surface area (Å²) in [7, 11) is 0. The molecule has 1 spiro atoms. The first kappa shape index (κ1) is 15.6. The van der Waals surface area contributed by atoms with Gasteiger partial charge in [0.1, 0.15) is 5.75 Å². The number of hydrogen-bond acceptors (Lipinski definition) is 3. The maximum absolute atomic E-state index is 12.3. The molecule has 1 aromatic rings. The lowest BCUT2D eigenvalue weighted by molar-refractivity contribution is -0.0212. The van der Waals surface area contributed by atoms with Crippen LogP contribution in [0.1, 0.15) is 37.0 Å². The van der Waals surface area contributed by atoms with Crippen molar-refractivity contribution in [1.82, 2.24) is 15.5 Å². The highest BCUT2D eigenvalue weighted by molar-refractivity contribution is 5.98. The number of urea groups is 1. The van der Waals surface area contributed by atoms with Crippen LogP contribution in [0, 0.1) is 5.92 Å². The van der Waals surface area contributed by atoms with Crippen LogP contribution < -0.4 is 15.4 Å². The summed E-state index contributed by atoms with van der Waals surface area (Å²) in [6.07, 6.45) is 1.17. The molecule has 0 unspecified atom stereocenters. The van der Waals surface area contributed by atoms with Crippen molar-refractivity contribution in [3.8, 4) is 5.75 Å². The third-order valence-electron chi connectivity index (χ3n) is 4.30. The number of likely N-dealkylation sites (tertiary alicyclic amines) is 1. The number of rotatable bonds is 2. The molecule has 1 fully saturated rings. The summed E-state index contributed by atoms with van der Waals surface area (Å²) in [5.74, 6) is 0.936. The molecule has 3 rings (SSSR count). The molecule has 6 heteroatoms. The number of carbonyl (C=O) groups excluding carboxylic acids is 2. The van der Waals surface area contributed by atoms with Crippen LogP contribution in [0.3, 0.4) is 0 Å². The van der Waals surface area contributed by atoms with Crippen LogP contribution in [0.15, 0.2) is 24.3 Å². The lowest BCUT2D eigenvalue weighted by Gasteiger charge is -2.44. The number of para-hydroxylation sites is 1. The summed E-state index contributed by atoms with van der Waals surface area (Å²) in [6, 6.07) is 7.21. The Balaban J connectivity index is 1.63. The first-order valence-corrected chi connectivity index (χ1v) is 8.12. The van der Waals surface area contributed by atoms with Crippen LogP contribution in [0.4, 0.5) is 4.79 Å². The number of piperidine rings is 1. The first-order chi connectivity index (χ1) is 11.0. The summed E-state index contributed by atoms with van der Waals surface area (Å²) in [5.41, 5.74) is -0.129. The standard InChI is InChI=1S/C17H23N3O3/c1-12(2)11-18-16(22)20-9-7-17(8-10-20)19-15(21)13-5-3-4-6-14(13)23-17/h3-6,12H,7-11H2,1-2H3,(H,18,22)(H,19,21). The van der Waals surface area contributed by atoms with E-state index in [2.05, 4.69) is 24.5 Å². The number of amides is 3. The van der Waals surface area contributed by atoms with E-state index in [1.807, 2.05) is 18.2 Å². The Labute approximate surface area is 136 Å². The van der Waals surface area contributed by atoms with Crippen LogP contribution in [0.25, 0.3) is 0 Å². The van der Waals surface area contributed by atoms with Gasteiger partial charge in [-0.05, 0) is 18.1 Å². The predicted octanol–water partition coefficient (Wildman–Crippen LogP) is 1.97. The molecule has 0 atom stereocenters. The second-order valence-electron chi connectivity index (χ2n) is 6.61. The smallest absolute Gasteiger partial charge is 0.317 e. The van der Waals surface area contributed by atoms with E-state index in [-0.39, 0.29) is 11.9 Å². The molecule has 3 amide bonds. The lowest BCUT2D eigenvalue weighted by atomic mass is 9.97. The molecule has 2 heterocycles. The van der Waals surface area contributed by atoms with Crippen molar-refractivity contribution >= 4 is 11.9 Å². The predicted molar refractivity (Wildman–Crippen MR) is 86.3 cm³/mol. The van der Waals surface area contributed by atoms with Gasteiger partial charge in [-0.3, -0.25) is 4.79 Å². The Hall–Kier alpha value is -2.24. The van der Waals surface area contributed by atoms with Crippen LogP contribution in [0.2, 0.25) is 0 Å². The van der Waals surface area contributed by atoms with E-state index in [9.17, 15) is 9.59 Å². The normalized spacial score (nSPS) is 19.1. The molecular weight excluding hydrogens is 294 g/mol. The van der Waals surface area contributed by atoms with E-state index in [0.29, 0.717) is 49.7 Å². The summed E-state index contributed by atoms with van der Waals surface area (Å²) in [6.45, 7) is 5.92. The fourth-order valence-electron chi connectivity index (χ4n) is 2.95. The Morgan fingerprint density at radius 2 is 2.04 bits per heavy atom. The molecule has 2 aliphatic rings. The lowest BCUT2D eigenvalue weighted by Crippen LogP contribution is -2.62. The van der Waals surface area contributed by atoms with E-state index >= 15 is 0 Å². The molecule has 1 saturated heterocycles. The van der Waals surface area contributed by atoms with Crippen LogP contribution in [-0.2, 0) is 0 Å². The molecule has 124 valence electrons. The molecule has 0 aliphatic carbocycles. The van der Waals surface area contributed by atoms with Crippen molar-refractivity contribution < 1.29 is 14.3 Å². The molecule has 6 nitrogen and oxygen atoms in total. The first-order valence-electron chi connectivity index (χ1n) is 8.12. The van der Waals surface area contributed by atoms with Gasteiger partial charge in [-0.15, -0.1) is 0 Å². The van der Waals surface area contributed by atoms with E-state index < -0.39 is 5.72 Å². The number of nitrogens with one attached hydrogen (secondary N) is 2. The molecular formula is C17H23N3O3. The highest BCUT2D eigenvalue weighted by Gasteiger charge is 2.43. The Morgan fingerprint density at radius 3 is 2.74 bits per heavy atom. The van der Waals surface area contributed by atoms with Gasteiger partial charge in [-0.25, -0.2) is 4.79 Å². The van der Waals surface area contributed by atoms with Gasteiger partial charge in [0, 0.05) is 32.5 Å². The Bertz CT molecular complexity index is 607. The second kappa shape index (κ2) is 6.10. The summed E-state index contributed by atoms with van der Waals surface area (Å²) >= 11 is 0. The average Bonchev–Trinajstić information content (AvgIpc) is 2.53. The molecule has 23 heavy (non-hydrogen) atoms. The zero-order valence-corrected chi connectivity index (χ0v) is 13.6. The molecule has 0 saturated carbocycles. The molecule has 0 radical (unpaired) electrons. The van der Waals surface area contributed by atoms with Gasteiger partial charge in [0.25, 0.3) is 5.91 Å². The van der Waals surface area contributed by atoms with Gasteiger partial charge < -0.3 is 20.3 Å². The highest BCUT2D eigenvalue weighted by Crippen LogP contribution is 2.33. The fraction of sp³-hybridized carbons (Fsp3) is 0.529. The SMILES string of the molecule is CC(C)CNC(=O)N1CCC2(CC1)NC(=O)c1ccccc1O2. The number of carbonyl (C=O) groups is 2. The maximum Gasteiger partial charge on any atom is 0.317 e. The van der Waals surface area contributed by atoms with Crippen LogP contribution in [-0.4, -0.2) is 42.2 Å². The number of benzene rings is 1. The number of hydrogen-bond donors (Lipinski definition) is 2. The van der Waals surface area contributed by atoms with Crippen molar-refractivity contribution in [2.75, 3.05) is 19.6 Å². The maximum atomic E-state index is 12.3. The summed E-state index contributed by atoms with van der Waals surface area (Å²) < 4.78 is 6.07. The van der Waals surface area contributed by atoms with E-state index in [1.165, 1.54) is 0 Å². The van der Waals surface area contributed by atoms with Crippen molar-refractivity contribution in [2.24, 2.45) is 5.92 Å². The van der Waals surface area contributed by atoms with Gasteiger partial charge in [-0.2, -0.15) is 0 Å².